The quantitative estimate of drug-likeness (QED) is 0.645. The van der Waals surface area contributed by atoms with Gasteiger partial charge in [0.2, 0.25) is 0 Å². The van der Waals surface area contributed by atoms with Crippen molar-refractivity contribution in [1.29, 1.82) is 0 Å². The van der Waals surface area contributed by atoms with E-state index in [1.807, 2.05) is 18.2 Å². The summed E-state index contributed by atoms with van der Waals surface area (Å²) in [6.45, 7) is 3.64. The van der Waals surface area contributed by atoms with Crippen molar-refractivity contribution in [2.24, 2.45) is 0 Å². The van der Waals surface area contributed by atoms with Gasteiger partial charge in [-0.2, -0.15) is 0 Å². The van der Waals surface area contributed by atoms with E-state index in [9.17, 15) is 4.79 Å². The number of anilines is 3. The Bertz CT molecular complexity index is 588. The summed E-state index contributed by atoms with van der Waals surface area (Å²) in [5, 5.41) is 3.27. The summed E-state index contributed by atoms with van der Waals surface area (Å²) in [5.74, 6) is -0.0173. The Kier molecular flexibility index (Phi) is 3.85. The van der Waals surface area contributed by atoms with Gasteiger partial charge in [0.15, 0.2) is 5.78 Å². The molecule has 0 saturated heterocycles. The van der Waals surface area contributed by atoms with Crippen molar-refractivity contribution in [2.75, 3.05) is 11.1 Å². The zero-order chi connectivity index (χ0) is 13.8. The minimum Gasteiger partial charge on any atom is -0.398 e. The van der Waals surface area contributed by atoms with Crippen LogP contribution in [0.4, 0.5) is 17.1 Å². The van der Waals surface area contributed by atoms with E-state index in [2.05, 4.69) is 24.4 Å². The zero-order valence-corrected chi connectivity index (χ0v) is 11.2. The maximum Gasteiger partial charge on any atom is 0.161 e. The molecule has 98 valence electrons. The van der Waals surface area contributed by atoms with E-state index in [0.717, 1.165) is 17.8 Å². The first-order valence-corrected chi connectivity index (χ1v) is 6.36. The second-order valence-corrected chi connectivity index (χ2v) is 4.53. The molecule has 2 aromatic carbocycles. The third-order valence-electron chi connectivity index (χ3n) is 3.08. The summed E-state index contributed by atoms with van der Waals surface area (Å²) in [6.07, 6.45) is 1.03. The number of rotatable bonds is 4. The summed E-state index contributed by atoms with van der Waals surface area (Å²) in [4.78, 5) is 11.3. The number of benzene rings is 2. The second kappa shape index (κ2) is 5.57. The fourth-order valence-corrected chi connectivity index (χ4v) is 1.95. The molecule has 3 nitrogen and oxygen atoms in total. The summed E-state index contributed by atoms with van der Waals surface area (Å²) in [5.41, 5.74) is 10.1. The molecule has 0 aliphatic rings. The molecule has 3 heteroatoms. The fourth-order valence-electron chi connectivity index (χ4n) is 1.95. The van der Waals surface area contributed by atoms with Crippen LogP contribution in [0.3, 0.4) is 0 Å². The number of Topliss-reactive ketones (excluding diaryl/α,β-unsaturated/α-hetero) is 1. The van der Waals surface area contributed by atoms with E-state index >= 15 is 0 Å². The SMILES string of the molecule is CCc1ccc(Nc2ccc(C(C)=O)c(N)c2)cc1. The molecule has 0 saturated carbocycles. The molecule has 0 spiro atoms. The van der Waals surface area contributed by atoms with Crippen molar-refractivity contribution in [1.82, 2.24) is 0 Å². The van der Waals surface area contributed by atoms with E-state index in [0.29, 0.717) is 11.3 Å². The monoisotopic (exact) mass is 254 g/mol. The van der Waals surface area contributed by atoms with Crippen molar-refractivity contribution in [3.8, 4) is 0 Å². The van der Waals surface area contributed by atoms with Crippen LogP contribution >= 0.6 is 0 Å². The topological polar surface area (TPSA) is 55.1 Å². The third kappa shape index (κ3) is 3.13. The summed E-state index contributed by atoms with van der Waals surface area (Å²) >= 11 is 0. The lowest BCUT2D eigenvalue weighted by atomic mass is 10.1. The molecule has 2 rings (SSSR count). The molecule has 0 heterocycles. The van der Waals surface area contributed by atoms with Gasteiger partial charge in [-0.3, -0.25) is 4.79 Å². The fraction of sp³-hybridized carbons (Fsp3) is 0.188. The molecule has 0 unspecified atom stereocenters. The van der Waals surface area contributed by atoms with Crippen molar-refractivity contribution >= 4 is 22.8 Å². The maximum atomic E-state index is 11.3. The summed E-state index contributed by atoms with van der Waals surface area (Å²) in [6, 6.07) is 13.7. The lowest BCUT2D eigenvalue weighted by Crippen LogP contribution is -2.00. The molecule has 0 aliphatic heterocycles. The number of hydrogen-bond acceptors (Lipinski definition) is 3. The molecule has 2 aromatic rings. The minimum atomic E-state index is -0.0173. The molecule has 0 fully saturated rings. The van der Waals surface area contributed by atoms with Crippen LogP contribution in [-0.4, -0.2) is 5.78 Å². The molecular weight excluding hydrogens is 236 g/mol. The normalized spacial score (nSPS) is 10.2. The maximum absolute atomic E-state index is 11.3. The van der Waals surface area contributed by atoms with Crippen LogP contribution in [0, 0.1) is 0 Å². The van der Waals surface area contributed by atoms with Gasteiger partial charge in [-0.05, 0) is 49.2 Å². The first-order chi connectivity index (χ1) is 9.10. The Morgan fingerprint density at radius 2 is 1.74 bits per heavy atom. The van der Waals surface area contributed by atoms with E-state index in [-0.39, 0.29) is 5.78 Å². The number of nitrogens with one attached hydrogen (secondary N) is 1. The van der Waals surface area contributed by atoms with E-state index < -0.39 is 0 Å². The number of hydrogen-bond donors (Lipinski definition) is 2. The summed E-state index contributed by atoms with van der Waals surface area (Å²) < 4.78 is 0. The predicted molar refractivity (Wildman–Crippen MR) is 80.0 cm³/mol. The highest BCUT2D eigenvalue weighted by molar-refractivity contribution is 5.99. The van der Waals surface area contributed by atoms with Crippen molar-refractivity contribution < 1.29 is 4.79 Å². The van der Waals surface area contributed by atoms with Crippen molar-refractivity contribution in [2.45, 2.75) is 20.3 Å². The highest BCUT2D eigenvalue weighted by Crippen LogP contribution is 2.22. The van der Waals surface area contributed by atoms with Gasteiger partial charge in [0.25, 0.3) is 0 Å². The van der Waals surface area contributed by atoms with Gasteiger partial charge < -0.3 is 11.1 Å². The van der Waals surface area contributed by atoms with Crippen LogP contribution in [0.5, 0.6) is 0 Å². The van der Waals surface area contributed by atoms with Crippen molar-refractivity contribution in [3.05, 3.63) is 53.6 Å². The van der Waals surface area contributed by atoms with Gasteiger partial charge in [-0.1, -0.05) is 19.1 Å². The predicted octanol–water partition coefficient (Wildman–Crippen LogP) is 3.78. The smallest absolute Gasteiger partial charge is 0.161 e. The van der Waals surface area contributed by atoms with Crippen LogP contribution < -0.4 is 11.1 Å². The molecule has 3 N–H and O–H groups in total. The first-order valence-electron chi connectivity index (χ1n) is 6.36. The minimum absolute atomic E-state index is 0.0173. The number of ketones is 1. The van der Waals surface area contributed by atoms with E-state index in [4.69, 9.17) is 5.73 Å². The highest BCUT2D eigenvalue weighted by atomic mass is 16.1. The number of carbonyl (C=O) groups excluding carboxylic acids is 1. The van der Waals surface area contributed by atoms with Crippen LogP contribution in [0.2, 0.25) is 0 Å². The van der Waals surface area contributed by atoms with Crippen LogP contribution in [0.15, 0.2) is 42.5 Å². The van der Waals surface area contributed by atoms with Crippen LogP contribution in [0.25, 0.3) is 0 Å². The summed E-state index contributed by atoms with van der Waals surface area (Å²) in [7, 11) is 0. The Morgan fingerprint density at radius 3 is 2.26 bits per heavy atom. The van der Waals surface area contributed by atoms with E-state index in [1.165, 1.54) is 12.5 Å². The average molecular weight is 254 g/mol. The lowest BCUT2D eigenvalue weighted by Gasteiger charge is -2.09. The molecular formula is C16H18N2O. The number of aryl methyl sites for hydroxylation is 1. The lowest BCUT2D eigenvalue weighted by molar-refractivity contribution is 0.101. The van der Waals surface area contributed by atoms with Crippen LogP contribution in [-0.2, 0) is 6.42 Å². The van der Waals surface area contributed by atoms with Gasteiger partial charge in [0.05, 0.1) is 0 Å². The third-order valence-corrected chi connectivity index (χ3v) is 3.08. The van der Waals surface area contributed by atoms with Crippen molar-refractivity contribution in [3.63, 3.8) is 0 Å². The number of nitrogens with two attached hydrogens (primary N) is 1. The Hall–Kier alpha value is -2.29. The standard InChI is InChI=1S/C16H18N2O/c1-3-12-4-6-13(7-5-12)18-14-8-9-15(11(2)19)16(17)10-14/h4-10,18H,3,17H2,1-2H3. The molecule has 0 aliphatic carbocycles. The van der Waals surface area contributed by atoms with Gasteiger partial charge in [-0.25, -0.2) is 0 Å². The van der Waals surface area contributed by atoms with Gasteiger partial charge in [0.1, 0.15) is 0 Å². The number of nitrogen functional groups attached to an aromatic ring is 1. The van der Waals surface area contributed by atoms with E-state index in [1.54, 1.807) is 12.1 Å². The largest absolute Gasteiger partial charge is 0.398 e. The van der Waals surface area contributed by atoms with Gasteiger partial charge in [0, 0.05) is 22.6 Å². The molecule has 0 amide bonds. The molecule has 0 aromatic heterocycles. The van der Waals surface area contributed by atoms with Crippen LogP contribution in [0.1, 0.15) is 29.8 Å². The molecule has 19 heavy (non-hydrogen) atoms. The molecule has 0 atom stereocenters. The van der Waals surface area contributed by atoms with Gasteiger partial charge >= 0.3 is 0 Å². The Labute approximate surface area is 113 Å². The first kappa shape index (κ1) is 13.1. The molecule has 0 bridgehead atoms. The average Bonchev–Trinajstić information content (AvgIpc) is 2.39. The zero-order valence-electron chi connectivity index (χ0n) is 11.2. The second-order valence-electron chi connectivity index (χ2n) is 4.53. The van der Waals surface area contributed by atoms with Gasteiger partial charge in [-0.15, -0.1) is 0 Å². The number of carbonyl (C=O) groups is 1. The molecule has 0 radical (unpaired) electrons. The Morgan fingerprint density at radius 1 is 1.11 bits per heavy atom. The Balaban J connectivity index is 2.18. The highest BCUT2D eigenvalue weighted by Gasteiger charge is 2.05.